The van der Waals surface area contributed by atoms with Gasteiger partial charge in [-0.1, -0.05) is 48.0 Å². The Morgan fingerprint density at radius 2 is 1.81 bits per heavy atom. The first kappa shape index (κ1) is 21.2. The van der Waals surface area contributed by atoms with E-state index in [9.17, 15) is 9.59 Å². The zero-order valence-corrected chi connectivity index (χ0v) is 18.4. The van der Waals surface area contributed by atoms with Gasteiger partial charge in [0.15, 0.2) is 0 Å². The molecule has 5 heteroatoms. The summed E-state index contributed by atoms with van der Waals surface area (Å²) in [7, 11) is 3.44. The van der Waals surface area contributed by atoms with E-state index in [0.717, 1.165) is 27.6 Å². The van der Waals surface area contributed by atoms with Gasteiger partial charge in [-0.2, -0.15) is 0 Å². The minimum absolute atomic E-state index is 0.00160. The first-order valence-corrected chi connectivity index (χ1v) is 10.5. The Kier molecular flexibility index (Phi) is 5.99. The number of hydrogen-bond donors (Lipinski definition) is 0. The van der Waals surface area contributed by atoms with Crippen molar-refractivity contribution in [3.05, 3.63) is 107 Å². The van der Waals surface area contributed by atoms with E-state index in [-0.39, 0.29) is 11.7 Å². The Morgan fingerprint density at radius 3 is 2.56 bits per heavy atom. The number of pyridine rings is 1. The van der Waals surface area contributed by atoms with Crippen LogP contribution < -0.4 is 0 Å². The van der Waals surface area contributed by atoms with Gasteiger partial charge in [-0.05, 0) is 36.8 Å². The fourth-order valence-corrected chi connectivity index (χ4v) is 3.57. The van der Waals surface area contributed by atoms with Crippen LogP contribution in [0.1, 0.15) is 32.7 Å². The Morgan fingerprint density at radius 1 is 1.03 bits per heavy atom. The molecule has 0 aliphatic heterocycles. The highest BCUT2D eigenvalue weighted by atomic mass is 16.2. The summed E-state index contributed by atoms with van der Waals surface area (Å²) in [6.07, 6.45) is 7.08. The fourth-order valence-electron chi connectivity index (χ4n) is 3.57. The Balaban J connectivity index is 1.60. The number of likely N-dealkylation sites (N-methyl/N-ethyl adjacent to an activating group) is 1. The smallest absolute Gasteiger partial charge is 0.246 e. The molecule has 0 spiro atoms. The number of para-hydroxylation sites is 1. The molecule has 2 aromatic heterocycles. The van der Waals surface area contributed by atoms with Gasteiger partial charge in [0.05, 0.1) is 11.2 Å². The highest BCUT2D eigenvalue weighted by molar-refractivity contribution is 6.08. The topological polar surface area (TPSA) is 55.2 Å². The third-order valence-electron chi connectivity index (χ3n) is 5.37. The van der Waals surface area contributed by atoms with E-state index in [4.69, 9.17) is 0 Å². The Bertz CT molecular complexity index is 1310. The second kappa shape index (κ2) is 9.02. The molecule has 160 valence electrons. The number of aryl methyl sites for hydroxylation is 1. The zero-order chi connectivity index (χ0) is 22.7. The standard InChI is InChI=1S/C27H25N3O2/c1-19-9-11-22(12-10-19)27(32)24-8-5-15-30(24)18-20-16-23-7-4-6-21(26(23)28-17-20)13-14-25(31)29(2)3/h4-17H,18H2,1-3H3/b14-13+. The van der Waals surface area contributed by atoms with Crippen LogP contribution in [0.25, 0.3) is 17.0 Å². The molecular formula is C27H25N3O2. The fraction of sp³-hybridized carbons (Fsp3) is 0.148. The van der Waals surface area contributed by atoms with Crippen molar-refractivity contribution in [2.45, 2.75) is 13.5 Å². The maximum atomic E-state index is 13.0. The van der Waals surface area contributed by atoms with Crippen LogP contribution in [-0.4, -0.2) is 40.2 Å². The number of amides is 1. The summed E-state index contributed by atoms with van der Waals surface area (Å²) < 4.78 is 1.95. The van der Waals surface area contributed by atoms with E-state index >= 15 is 0 Å². The van der Waals surface area contributed by atoms with Gasteiger partial charge in [0, 0.05) is 55.6 Å². The Labute approximate surface area is 187 Å². The van der Waals surface area contributed by atoms with Gasteiger partial charge < -0.3 is 9.47 Å². The molecule has 0 unspecified atom stereocenters. The summed E-state index contributed by atoms with van der Waals surface area (Å²) in [5, 5.41) is 0.987. The van der Waals surface area contributed by atoms with Crippen LogP contribution in [0.15, 0.2) is 79.1 Å². The second-order valence-electron chi connectivity index (χ2n) is 8.05. The molecule has 0 radical (unpaired) electrons. The molecule has 1 amide bonds. The van der Waals surface area contributed by atoms with Crippen molar-refractivity contribution in [3.63, 3.8) is 0 Å². The van der Waals surface area contributed by atoms with Crippen LogP contribution in [-0.2, 0) is 11.3 Å². The minimum atomic E-state index is -0.0722. The summed E-state index contributed by atoms with van der Waals surface area (Å²) in [6, 6.07) is 19.3. The van der Waals surface area contributed by atoms with Crippen molar-refractivity contribution in [2.75, 3.05) is 14.1 Å². The summed E-state index contributed by atoms with van der Waals surface area (Å²) in [6.45, 7) is 2.55. The SMILES string of the molecule is Cc1ccc(C(=O)c2cccn2Cc2cnc3c(/C=C/C(=O)N(C)C)cccc3c2)cc1. The van der Waals surface area contributed by atoms with Gasteiger partial charge in [0.25, 0.3) is 0 Å². The lowest BCUT2D eigenvalue weighted by Gasteiger charge is -2.10. The maximum absolute atomic E-state index is 13.0. The van der Waals surface area contributed by atoms with E-state index in [1.807, 2.05) is 78.5 Å². The Hall–Kier alpha value is -3.99. The molecule has 0 fully saturated rings. The normalized spacial score (nSPS) is 11.2. The third-order valence-corrected chi connectivity index (χ3v) is 5.37. The second-order valence-corrected chi connectivity index (χ2v) is 8.05. The van der Waals surface area contributed by atoms with E-state index in [1.165, 1.54) is 4.90 Å². The highest BCUT2D eigenvalue weighted by Gasteiger charge is 2.14. The van der Waals surface area contributed by atoms with Gasteiger partial charge >= 0.3 is 0 Å². The van der Waals surface area contributed by atoms with Crippen molar-refractivity contribution in [1.82, 2.24) is 14.5 Å². The van der Waals surface area contributed by atoms with Gasteiger partial charge in [-0.3, -0.25) is 14.6 Å². The molecular weight excluding hydrogens is 398 g/mol. The molecule has 0 saturated heterocycles. The van der Waals surface area contributed by atoms with Crippen molar-refractivity contribution < 1.29 is 9.59 Å². The summed E-state index contributed by atoms with van der Waals surface area (Å²) in [5.41, 5.74) is 5.17. The average molecular weight is 424 g/mol. The number of fused-ring (bicyclic) bond motifs is 1. The predicted octanol–water partition coefficient (Wildman–Crippen LogP) is 4.73. The first-order chi connectivity index (χ1) is 15.4. The summed E-state index contributed by atoms with van der Waals surface area (Å²) in [5.74, 6) is -0.0706. The van der Waals surface area contributed by atoms with Crippen molar-refractivity contribution in [1.29, 1.82) is 0 Å². The van der Waals surface area contributed by atoms with E-state index in [0.29, 0.717) is 17.8 Å². The molecule has 0 atom stereocenters. The summed E-state index contributed by atoms with van der Waals surface area (Å²) >= 11 is 0. The molecule has 0 saturated carbocycles. The predicted molar refractivity (Wildman–Crippen MR) is 128 cm³/mol. The van der Waals surface area contributed by atoms with Gasteiger partial charge in [0.1, 0.15) is 0 Å². The van der Waals surface area contributed by atoms with Crippen LogP contribution >= 0.6 is 0 Å². The molecule has 4 aromatic rings. The molecule has 0 N–H and O–H groups in total. The van der Waals surface area contributed by atoms with E-state index in [2.05, 4.69) is 11.1 Å². The van der Waals surface area contributed by atoms with E-state index < -0.39 is 0 Å². The number of carbonyl (C=O) groups is 2. The lowest BCUT2D eigenvalue weighted by molar-refractivity contribution is -0.123. The zero-order valence-electron chi connectivity index (χ0n) is 18.4. The lowest BCUT2D eigenvalue weighted by atomic mass is 10.1. The number of ketones is 1. The van der Waals surface area contributed by atoms with Gasteiger partial charge in [-0.15, -0.1) is 0 Å². The van der Waals surface area contributed by atoms with Crippen LogP contribution in [0.4, 0.5) is 0 Å². The first-order valence-electron chi connectivity index (χ1n) is 10.5. The van der Waals surface area contributed by atoms with Crippen molar-refractivity contribution in [3.8, 4) is 0 Å². The number of benzene rings is 2. The van der Waals surface area contributed by atoms with Crippen LogP contribution in [0.2, 0.25) is 0 Å². The number of carbonyl (C=O) groups excluding carboxylic acids is 2. The van der Waals surface area contributed by atoms with Crippen molar-refractivity contribution in [2.24, 2.45) is 0 Å². The molecule has 4 rings (SSSR count). The summed E-state index contributed by atoms with van der Waals surface area (Å²) in [4.78, 5) is 31.0. The average Bonchev–Trinajstić information content (AvgIpc) is 3.25. The lowest BCUT2D eigenvalue weighted by Crippen LogP contribution is -2.18. The molecule has 2 aromatic carbocycles. The maximum Gasteiger partial charge on any atom is 0.246 e. The number of hydrogen-bond acceptors (Lipinski definition) is 3. The largest absolute Gasteiger partial charge is 0.345 e. The molecule has 32 heavy (non-hydrogen) atoms. The van der Waals surface area contributed by atoms with Gasteiger partial charge in [-0.25, -0.2) is 0 Å². The highest BCUT2D eigenvalue weighted by Crippen LogP contribution is 2.21. The van der Waals surface area contributed by atoms with Gasteiger partial charge in [0.2, 0.25) is 11.7 Å². The van der Waals surface area contributed by atoms with Crippen LogP contribution in [0, 0.1) is 6.92 Å². The number of rotatable bonds is 6. The number of aromatic nitrogens is 2. The molecule has 2 heterocycles. The van der Waals surface area contributed by atoms with Crippen molar-refractivity contribution >= 4 is 28.7 Å². The molecule has 0 aliphatic rings. The number of nitrogens with zero attached hydrogens (tertiary/aromatic N) is 3. The molecule has 0 bridgehead atoms. The monoisotopic (exact) mass is 423 g/mol. The molecule has 5 nitrogen and oxygen atoms in total. The van der Waals surface area contributed by atoms with Crippen LogP contribution in [0.5, 0.6) is 0 Å². The quantitative estimate of drug-likeness (QED) is 0.333. The van der Waals surface area contributed by atoms with Crippen LogP contribution in [0.3, 0.4) is 0 Å². The molecule has 0 aliphatic carbocycles. The minimum Gasteiger partial charge on any atom is -0.345 e. The third kappa shape index (κ3) is 4.52. The van der Waals surface area contributed by atoms with E-state index in [1.54, 1.807) is 26.2 Å².